The summed E-state index contributed by atoms with van der Waals surface area (Å²) in [5, 5.41) is 17.9. The van der Waals surface area contributed by atoms with E-state index in [4.69, 9.17) is 5.11 Å². The third kappa shape index (κ3) is 3.82. The maximum Gasteiger partial charge on any atom is 0.315 e. The number of aliphatic hydroxyl groups is 1. The van der Waals surface area contributed by atoms with Crippen LogP contribution < -0.4 is 10.6 Å². The first-order valence-corrected chi connectivity index (χ1v) is 6.97. The van der Waals surface area contributed by atoms with Crippen molar-refractivity contribution >= 4 is 6.03 Å². The predicted molar refractivity (Wildman–Crippen MR) is 80.3 cm³/mol. The number of nitrogens with one attached hydrogen (secondary N) is 2. The Bertz CT molecular complexity index is 657. The van der Waals surface area contributed by atoms with Gasteiger partial charge in [0.1, 0.15) is 11.5 Å². The number of benzene rings is 1. The molecule has 3 N–H and O–H groups in total. The number of halogens is 1. The third-order valence-electron chi connectivity index (χ3n) is 3.18. The first-order chi connectivity index (χ1) is 10.5. The van der Waals surface area contributed by atoms with Crippen molar-refractivity contribution < 1.29 is 14.3 Å². The highest BCUT2D eigenvalue weighted by Crippen LogP contribution is 2.19. The largest absolute Gasteiger partial charge is 0.395 e. The number of aliphatic hydroxyl groups excluding tert-OH is 1. The van der Waals surface area contributed by atoms with Crippen molar-refractivity contribution in [2.75, 3.05) is 13.2 Å². The normalized spacial score (nSPS) is 12.0. The van der Waals surface area contributed by atoms with Gasteiger partial charge in [-0.1, -0.05) is 6.07 Å². The molecular formula is C15H19FN4O2. The van der Waals surface area contributed by atoms with Crippen LogP contribution in [0.4, 0.5) is 9.18 Å². The molecular weight excluding hydrogens is 287 g/mol. The van der Waals surface area contributed by atoms with Crippen molar-refractivity contribution in [2.24, 2.45) is 0 Å². The van der Waals surface area contributed by atoms with Gasteiger partial charge in [0, 0.05) is 12.7 Å². The second kappa shape index (κ2) is 7.04. The van der Waals surface area contributed by atoms with Crippen LogP contribution in [0.2, 0.25) is 0 Å². The lowest BCUT2D eigenvalue weighted by atomic mass is 10.1. The highest BCUT2D eigenvalue weighted by atomic mass is 19.1. The molecule has 22 heavy (non-hydrogen) atoms. The minimum Gasteiger partial charge on any atom is -0.395 e. The minimum absolute atomic E-state index is 0.131. The standard InChI is InChI=1S/C15H19FN4O2/c1-10-8-18-20(9-10)14-4-3-12(7-13(14)16)11(2)19-15(22)17-5-6-21/h3-4,7-9,11,21H,5-6H2,1-2H3,(H2,17,19,22). The van der Waals surface area contributed by atoms with Gasteiger partial charge in [0.25, 0.3) is 0 Å². The quantitative estimate of drug-likeness (QED) is 0.786. The summed E-state index contributed by atoms with van der Waals surface area (Å²) in [5.41, 5.74) is 1.94. The smallest absolute Gasteiger partial charge is 0.315 e. The average molecular weight is 306 g/mol. The fourth-order valence-corrected chi connectivity index (χ4v) is 2.02. The summed E-state index contributed by atoms with van der Waals surface area (Å²) in [6, 6.07) is 3.98. The second-order valence-electron chi connectivity index (χ2n) is 5.02. The van der Waals surface area contributed by atoms with E-state index in [0.717, 1.165) is 5.56 Å². The lowest BCUT2D eigenvalue weighted by Crippen LogP contribution is -2.38. The lowest BCUT2D eigenvalue weighted by Gasteiger charge is -2.15. The van der Waals surface area contributed by atoms with Crippen LogP contribution in [0.1, 0.15) is 24.1 Å². The van der Waals surface area contributed by atoms with Crippen LogP contribution >= 0.6 is 0 Å². The molecule has 2 amide bonds. The zero-order valence-electron chi connectivity index (χ0n) is 12.5. The number of carbonyl (C=O) groups excluding carboxylic acids is 1. The van der Waals surface area contributed by atoms with Gasteiger partial charge >= 0.3 is 6.03 Å². The van der Waals surface area contributed by atoms with Gasteiger partial charge in [-0.3, -0.25) is 0 Å². The molecule has 1 unspecified atom stereocenters. The van der Waals surface area contributed by atoms with E-state index in [1.165, 1.54) is 10.7 Å². The Morgan fingerprint density at radius 2 is 2.27 bits per heavy atom. The third-order valence-corrected chi connectivity index (χ3v) is 3.18. The Morgan fingerprint density at radius 3 is 2.86 bits per heavy atom. The molecule has 1 atom stereocenters. The zero-order valence-corrected chi connectivity index (χ0v) is 12.5. The molecule has 7 heteroatoms. The van der Waals surface area contributed by atoms with Gasteiger partial charge in [-0.15, -0.1) is 0 Å². The van der Waals surface area contributed by atoms with Gasteiger partial charge in [0.05, 0.1) is 18.8 Å². The van der Waals surface area contributed by atoms with Crippen LogP contribution in [0.25, 0.3) is 5.69 Å². The number of amides is 2. The van der Waals surface area contributed by atoms with Crippen LogP contribution in [0.5, 0.6) is 0 Å². The summed E-state index contributed by atoms with van der Waals surface area (Å²) < 4.78 is 15.7. The van der Waals surface area contributed by atoms with Crippen molar-refractivity contribution in [1.82, 2.24) is 20.4 Å². The van der Waals surface area contributed by atoms with E-state index >= 15 is 0 Å². The molecule has 118 valence electrons. The topological polar surface area (TPSA) is 79.2 Å². The average Bonchev–Trinajstić information content (AvgIpc) is 2.91. The number of nitrogens with zero attached hydrogens (tertiary/aromatic N) is 2. The summed E-state index contributed by atoms with van der Waals surface area (Å²) in [4.78, 5) is 11.5. The lowest BCUT2D eigenvalue weighted by molar-refractivity contribution is 0.231. The number of aromatic nitrogens is 2. The molecule has 0 bridgehead atoms. The Balaban J connectivity index is 2.10. The van der Waals surface area contributed by atoms with Crippen LogP contribution in [-0.4, -0.2) is 34.1 Å². The van der Waals surface area contributed by atoms with Crippen molar-refractivity contribution in [3.05, 3.63) is 47.5 Å². The summed E-state index contributed by atoms with van der Waals surface area (Å²) in [7, 11) is 0. The van der Waals surface area contributed by atoms with Crippen LogP contribution in [-0.2, 0) is 0 Å². The molecule has 1 aromatic carbocycles. The summed E-state index contributed by atoms with van der Waals surface area (Å²) in [5.74, 6) is -0.412. The Hall–Kier alpha value is -2.41. The minimum atomic E-state index is -0.412. The second-order valence-corrected chi connectivity index (χ2v) is 5.02. The van der Waals surface area contributed by atoms with Crippen LogP contribution in [0.15, 0.2) is 30.6 Å². The SMILES string of the molecule is Cc1cnn(-c2ccc(C(C)NC(=O)NCCO)cc2F)c1. The number of carbonyl (C=O) groups is 1. The Labute approximate surface area is 128 Å². The maximum absolute atomic E-state index is 14.2. The molecule has 0 saturated heterocycles. The van der Waals surface area contributed by atoms with Gasteiger partial charge in [-0.25, -0.2) is 13.9 Å². The van der Waals surface area contributed by atoms with E-state index in [0.29, 0.717) is 11.3 Å². The summed E-state index contributed by atoms with van der Waals surface area (Å²) in [6.45, 7) is 3.68. The van der Waals surface area contributed by atoms with Gasteiger partial charge in [0.2, 0.25) is 0 Å². The molecule has 1 aromatic heterocycles. The van der Waals surface area contributed by atoms with Gasteiger partial charge in [-0.2, -0.15) is 5.10 Å². The first kappa shape index (κ1) is 16.0. The molecule has 0 aliphatic heterocycles. The highest BCUT2D eigenvalue weighted by molar-refractivity contribution is 5.74. The predicted octanol–water partition coefficient (Wildman–Crippen LogP) is 1.67. The van der Waals surface area contributed by atoms with Crippen molar-refractivity contribution in [1.29, 1.82) is 0 Å². The molecule has 6 nitrogen and oxygen atoms in total. The van der Waals surface area contributed by atoms with Gasteiger partial charge in [-0.05, 0) is 37.1 Å². The molecule has 0 radical (unpaired) electrons. The Kier molecular flexibility index (Phi) is 5.11. The summed E-state index contributed by atoms with van der Waals surface area (Å²) in [6.07, 6.45) is 3.39. The Morgan fingerprint density at radius 1 is 1.50 bits per heavy atom. The molecule has 2 rings (SSSR count). The van der Waals surface area contributed by atoms with Gasteiger partial charge in [0.15, 0.2) is 0 Å². The number of urea groups is 1. The zero-order chi connectivity index (χ0) is 16.1. The highest BCUT2D eigenvalue weighted by Gasteiger charge is 2.13. The maximum atomic E-state index is 14.2. The molecule has 0 fully saturated rings. The number of hydrogen-bond donors (Lipinski definition) is 3. The number of rotatable bonds is 5. The monoisotopic (exact) mass is 306 g/mol. The van der Waals surface area contributed by atoms with E-state index < -0.39 is 11.8 Å². The molecule has 0 saturated carbocycles. The van der Waals surface area contributed by atoms with E-state index in [1.807, 2.05) is 6.92 Å². The molecule has 2 aromatic rings. The molecule has 0 aliphatic rings. The van der Waals surface area contributed by atoms with E-state index in [1.54, 1.807) is 31.5 Å². The van der Waals surface area contributed by atoms with Crippen molar-refractivity contribution in [3.8, 4) is 5.69 Å². The van der Waals surface area contributed by atoms with E-state index in [2.05, 4.69) is 15.7 Å². The first-order valence-electron chi connectivity index (χ1n) is 6.97. The number of aryl methyl sites for hydroxylation is 1. The van der Waals surface area contributed by atoms with E-state index in [-0.39, 0.29) is 19.2 Å². The molecule has 0 spiro atoms. The fraction of sp³-hybridized carbons (Fsp3) is 0.333. The van der Waals surface area contributed by atoms with Crippen LogP contribution in [0.3, 0.4) is 0 Å². The van der Waals surface area contributed by atoms with E-state index in [9.17, 15) is 9.18 Å². The number of hydrogen-bond acceptors (Lipinski definition) is 3. The van der Waals surface area contributed by atoms with Crippen molar-refractivity contribution in [2.45, 2.75) is 19.9 Å². The fourth-order valence-electron chi connectivity index (χ4n) is 2.02. The van der Waals surface area contributed by atoms with Gasteiger partial charge < -0.3 is 15.7 Å². The van der Waals surface area contributed by atoms with Crippen molar-refractivity contribution in [3.63, 3.8) is 0 Å². The molecule has 0 aliphatic carbocycles. The summed E-state index contributed by atoms with van der Waals surface area (Å²) >= 11 is 0. The molecule has 1 heterocycles. The van der Waals surface area contributed by atoms with Crippen LogP contribution in [0, 0.1) is 12.7 Å².